The van der Waals surface area contributed by atoms with Crippen molar-refractivity contribution < 1.29 is 23.7 Å². The lowest BCUT2D eigenvalue weighted by Crippen LogP contribution is -3.11. The highest BCUT2D eigenvalue weighted by molar-refractivity contribution is 5.98. The van der Waals surface area contributed by atoms with Gasteiger partial charge in [0.2, 0.25) is 5.78 Å². The maximum atomic E-state index is 12.9. The standard InChI is InChI=1S/C22H26N4O4/c1-14-10-19(16(3)26(14)21-11-15(2)30-24-21)20(27)12-25(4)13-22(28)23-17-6-8-18(29-5)9-7-17/h6-11H,12-13H2,1-5H3,(H,23,28)/p+1. The molecule has 2 heterocycles. The molecule has 1 unspecified atom stereocenters. The average Bonchev–Trinajstić information content (AvgIpc) is 3.24. The lowest BCUT2D eigenvalue weighted by atomic mass is 10.1. The Morgan fingerprint density at radius 2 is 1.83 bits per heavy atom. The monoisotopic (exact) mass is 411 g/mol. The molecular weight excluding hydrogens is 384 g/mol. The van der Waals surface area contributed by atoms with Crippen molar-refractivity contribution in [2.24, 2.45) is 0 Å². The van der Waals surface area contributed by atoms with Crippen LogP contribution in [-0.2, 0) is 4.79 Å². The van der Waals surface area contributed by atoms with E-state index in [4.69, 9.17) is 9.26 Å². The molecule has 8 nitrogen and oxygen atoms in total. The number of amides is 1. The van der Waals surface area contributed by atoms with Crippen LogP contribution >= 0.6 is 0 Å². The maximum Gasteiger partial charge on any atom is 0.279 e. The number of likely N-dealkylation sites (N-methyl/N-ethyl adjacent to an activating group) is 1. The van der Waals surface area contributed by atoms with Gasteiger partial charge < -0.3 is 19.5 Å². The number of carbonyl (C=O) groups is 2. The van der Waals surface area contributed by atoms with Gasteiger partial charge in [-0.1, -0.05) is 5.16 Å². The van der Waals surface area contributed by atoms with Crippen molar-refractivity contribution in [3.63, 3.8) is 0 Å². The van der Waals surface area contributed by atoms with Crippen LogP contribution in [0, 0.1) is 20.8 Å². The summed E-state index contributed by atoms with van der Waals surface area (Å²) in [5.74, 6) is 1.90. The van der Waals surface area contributed by atoms with E-state index in [1.54, 1.807) is 31.4 Å². The van der Waals surface area contributed by atoms with Crippen LogP contribution in [0.25, 0.3) is 5.82 Å². The number of hydrogen-bond acceptors (Lipinski definition) is 5. The molecule has 158 valence electrons. The third-order valence-corrected chi connectivity index (χ3v) is 4.87. The average molecular weight is 411 g/mol. The summed E-state index contributed by atoms with van der Waals surface area (Å²) in [4.78, 5) is 26.0. The van der Waals surface area contributed by atoms with Gasteiger partial charge in [-0.15, -0.1) is 0 Å². The molecule has 3 rings (SSSR count). The summed E-state index contributed by atoms with van der Waals surface area (Å²) in [5.41, 5.74) is 3.02. The van der Waals surface area contributed by atoms with Gasteiger partial charge in [-0.2, -0.15) is 0 Å². The zero-order chi connectivity index (χ0) is 21.8. The van der Waals surface area contributed by atoms with Gasteiger partial charge >= 0.3 is 0 Å². The van der Waals surface area contributed by atoms with E-state index in [1.165, 1.54) is 0 Å². The van der Waals surface area contributed by atoms with Crippen molar-refractivity contribution >= 4 is 17.4 Å². The predicted molar refractivity (Wildman–Crippen MR) is 113 cm³/mol. The van der Waals surface area contributed by atoms with E-state index in [1.807, 2.05) is 44.5 Å². The van der Waals surface area contributed by atoms with Gasteiger partial charge in [0.05, 0.1) is 14.2 Å². The number of aryl methyl sites for hydroxylation is 2. The Labute approximate surface area is 175 Å². The van der Waals surface area contributed by atoms with E-state index in [2.05, 4.69) is 10.5 Å². The highest BCUT2D eigenvalue weighted by Crippen LogP contribution is 2.21. The zero-order valence-electron chi connectivity index (χ0n) is 17.9. The number of ketones is 1. The molecule has 3 aromatic rings. The normalized spacial score (nSPS) is 11.9. The molecule has 2 aromatic heterocycles. The van der Waals surface area contributed by atoms with Gasteiger partial charge in [-0.25, -0.2) is 0 Å². The summed E-state index contributed by atoms with van der Waals surface area (Å²) in [6.45, 7) is 6.02. The van der Waals surface area contributed by atoms with E-state index in [0.717, 1.165) is 22.0 Å². The van der Waals surface area contributed by atoms with Crippen molar-refractivity contribution in [2.75, 3.05) is 32.6 Å². The number of hydrogen-bond donors (Lipinski definition) is 2. The molecule has 2 N–H and O–H groups in total. The fourth-order valence-corrected chi connectivity index (χ4v) is 3.44. The molecule has 0 fully saturated rings. The predicted octanol–water partition coefficient (Wildman–Crippen LogP) is 1.74. The highest BCUT2D eigenvalue weighted by atomic mass is 16.5. The Morgan fingerprint density at radius 3 is 2.43 bits per heavy atom. The lowest BCUT2D eigenvalue weighted by molar-refractivity contribution is -0.861. The van der Waals surface area contributed by atoms with Crippen LogP contribution in [0.1, 0.15) is 27.5 Å². The van der Waals surface area contributed by atoms with E-state index >= 15 is 0 Å². The van der Waals surface area contributed by atoms with E-state index in [9.17, 15) is 9.59 Å². The van der Waals surface area contributed by atoms with Gasteiger partial charge in [0.25, 0.3) is 5.91 Å². The van der Waals surface area contributed by atoms with E-state index < -0.39 is 0 Å². The molecule has 0 saturated heterocycles. The molecule has 0 spiro atoms. The summed E-state index contributed by atoms with van der Waals surface area (Å²) >= 11 is 0. The third kappa shape index (κ3) is 4.77. The Bertz CT molecular complexity index is 1050. The first-order chi connectivity index (χ1) is 14.3. The van der Waals surface area contributed by atoms with Crippen molar-refractivity contribution in [1.29, 1.82) is 0 Å². The summed E-state index contributed by atoms with van der Waals surface area (Å²) in [6.07, 6.45) is 0. The Balaban J connectivity index is 1.62. The number of aromatic nitrogens is 2. The number of anilines is 1. The zero-order valence-corrected chi connectivity index (χ0v) is 17.9. The third-order valence-electron chi connectivity index (χ3n) is 4.87. The summed E-state index contributed by atoms with van der Waals surface area (Å²) in [5, 5.41) is 6.88. The summed E-state index contributed by atoms with van der Waals surface area (Å²) < 4.78 is 12.2. The van der Waals surface area contributed by atoms with Crippen LogP contribution in [0.4, 0.5) is 5.69 Å². The van der Waals surface area contributed by atoms with E-state index in [-0.39, 0.29) is 24.8 Å². The molecule has 0 aliphatic rings. The fraction of sp³-hybridized carbons (Fsp3) is 0.318. The number of nitrogens with zero attached hydrogens (tertiary/aromatic N) is 2. The fourth-order valence-electron chi connectivity index (χ4n) is 3.44. The second-order valence-electron chi connectivity index (χ2n) is 7.43. The minimum atomic E-state index is -0.158. The Morgan fingerprint density at radius 1 is 1.13 bits per heavy atom. The molecule has 0 saturated carbocycles. The van der Waals surface area contributed by atoms with Crippen molar-refractivity contribution in [2.45, 2.75) is 20.8 Å². The number of rotatable bonds is 8. The van der Waals surface area contributed by atoms with Crippen molar-refractivity contribution in [1.82, 2.24) is 9.72 Å². The molecule has 0 aliphatic carbocycles. The number of carbonyl (C=O) groups excluding carboxylic acids is 2. The van der Waals surface area contributed by atoms with Gasteiger partial charge in [-0.05, 0) is 51.1 Å². The first-order valence-corrected chi connectivity index (χ1v) is 9.69. The second kappa shape index (κ2) is 8.96. The molecule has 0 radical (unpaired) electrons. The maximum absolute atomic E-state index is 12.9. The number of Topliss-reactive ketones (excluding diaryl/α,β-unsaturated/α-hetero) is 1. The molecule has 30 heavy (non-hydrogen) atoms. The van der Waals surface area contributed by atoms with Crippen LogP contribution in [0.3, 0.4) is 0 Å². The minimum absolute atomic E-state index is 0.0238. The molecule has 8 heteroatoms. The SMILES string of the molecule is COc1ccc(NC(=O)C[NH+](C)CC(=O)c2cc(C)n(-c3cc(C)on3)c2C)cc1. The quantitative estimate of drug-likeness (QED) is 0.551. The highest BCUT2D eigenvalue weighted by Gasteiger charge is 2.22. The number of nitrogens with one attached hydrogen (secondary N) is 2. The summed E-state index contributed by atoms with van der Waals surface area (Å²) in [6, 6.07) is 10.8. The van der Waals surface area contributed by atoms with Crippen molar-refractivity contribution in [3.8, 4) is 11.6 Å². The van der Waals surface area contributed by atoms with Gasteiger partial charge in [0, 0.05) is 28.7 Å². The number of benzene rings is 1. The van der Waals surface area contributed by atoms with Crippen LogP contribution in [0.5, 0.6) is 5.75 Å². The molecule has 0 aliphatic heterocycles. The minimum Gasteiger partial charge on any atom is -0.497 e. The van der Waals surface area contributed by atoms with Crippen LogP contribution in [-0.4, -0.2) is 48.7 Å². The van der Waals surface area contributed by atoms with Crippen LogP contribution in [0.15, 0.2) is 40.9 Å². The number of ether oxygens (including phenoxy) is 1. The number of quaternary nitrogens is 1. The van der Waals surface area contributed by atoms with Gasteiger partial charge in [0.15, 0.2) is 12.4 Å². The van der Waals surface area contributed by atoms with Gasteiger partial charge in [-0.3, -0.25) is 14.2 Å². The van der Waals surface area contributed by atoms with E-state index in [0.29, 0.717) is 22.8 Å². The Kier molecular flexibility index (Phi) is 6.37. The van der Waals surface area contributed by atoms with Crippen LogP contribution < -0.4 is 15.0 Å². The first kappa shape index (κ1) is 21.3. The molecule has 1 aromatic carbocycles. The largest absolute Gasteiger partial charge is 0.497 e. The molecule has 1 atom stereocenters. The smallest absolute Gasteiger partial charge is 0.279 e. The summed E-state index contributed by atoms with van der Waals surface area (Å²) in [7, 11) is 3.42. The molecule has 1 amide bonds. The van der Waals surface area contributed by atoms with Crippen molar-refractivity contribution in [3.05, 3.63) is 59.1 Å². The van der Waals surface area contributed by atoms with Crippen LogP contribution in [0.2, 0.25) is 0 Å². The lowest BCUT2D eigenvalue weighted by Gasteiger charge is -2.13. The first-order valence-electron chi connectivity index (χ1n) is 9.69. The molecule has 0 bridgehead atoms. The second-order valence-corrected chi connectivity index (χ2v) is 7.43. The van der Waals surface area contributed by atoms with Gasteiger partial charge in [0.1, 0.15) is 18.1 Å². The topological polar surface area (TPSA) is 90.8 Å². The Hall–Kier alpha value is -3.39. The number of methoxy groups -OCH3 is 1. The molecular formula is C22H27N4O4+.